The van der Waals surface area contributed by atoms with Crippen LogP contribution in [-0.4, -0.2) is 16.6 Å². The zero-order valence-electron chi connectivity index (χ0n) is 13.7. The fourth-order valence-corrected chi connectivity index (χ4v) is 3.02. The van der Waals surface area contributed by atoms with Crippen LogP contribution in [0.25, 0.3) is 0 Å². The Bertz CT molecular complexity index is 735. The summed E-state index contributed by atoms with van der Waals surface area (Å²) in [5, 5.41) is 9.41. The summed E-state index contributed by atoms with van der Waals surface area (Å²) < 4.78 is 21.4. The predicted molar refractivity (Wildman–Crippen MR) is 93.3 cm³/mol. The van der Waals surface area contributed by atoms with E-state index in [4.69, 9.17) is 9.05 Å². The number of phosphoric acid groups is 1. The minimum Gasteiger partial charge on any atom is -0.508 e. The first-order valence-electron chi connectivity index (χ1n) is 7.42. The summed E-state index contributed by atoms with van der Waals surface area (Å²) >= 11 is 0. The van der Waals surface area contributed by atoms with E-state index in [2.05, 4.69) is 20.4 Å². The predicted octanol–water partition coefficient (Wildman–Crippen LogP) is 4.40. The molecular formula is C18H21O5P. The summed E-state index contributed by atoms with van der Waals surface area (Å²) in [4.78, 5) is 9.57. The Morgan fingerprint density at radius 1 is 1.08 bits per heavy atom. The molecule has 0 aliphatic rings. The second-order valence-corrected chi connectivity index (χ2v) is 7.22. The lowest BCUT2D eigenvalue weighted by molar-refractivity contribution is 0.222. The number of aromatic hydroxyl groups is 1. The van der Waals surface area contributed by atoms with Crippen molar-refractivity contribution in [3.05, 3.63) is 72.3 Å². The van der Waals surface area contributed by atoms with Crippen LogP contribution in [0.3, 0.4) is 0 Å². The van der Waals surface area contributed by atoms with Crippen molar-refractivity contribution in [2.24, 2.45) is 0 Å². The molecule has 0 saturated heterocycles. The Hall–Kier alpha value is -2.07. The maximum atomic E-state index is 11.7. The van der Waals surface area contributed by atoms with E-state index >= 15 is 0 Å². The molecular weight excluding hydrogens is 327 g/mol. The fraction of sp³-hybridized carbons (Fsp3) is 0.222. The molecule has 1 unspecified atom stereocenters. The molecule has 0 saturated carbocycles. The van der Waals surface area contributed by atoms with E-state index in [0.29, 0.717) is 0 Å². The molecule has 0 aliphatic heterocycles. The van der Waals surface area contributed by atoms with Gasteiger partial charge in [0.05, 0.1) is 6.61 Å². The van der Waals surface area contributed by atoms with Crippen LogP contribution < -0.4 is 4.52 Å². The molecule has 0 radical (unpaired) electrons. The molecule has 2 aromatic carbocycles. The largest absolute Gasteiger partial charge is 0.527 e. The van der Waals surface area contributed by atoms with E-state index in [0.717, 1.165) is 11.1 Å². The minimum absolute atomic E-state index is 0.0697. The minimum atomic E-state index is -4.15. The van der Waals surface area contributed by atoms with Crippen molar-refractivity contribution in [2.75, 3.05) is 6.61 Å². The highest BCUT2D eigenvalue weighted by Gasteiger charge is 2.25. The fourth-order valence-electron chi connectivity index (χ4n) is 2.28. The Morgan fingerprint density at radius 3 is 2.08 bits per heavy atom. The molecule has 24 heavy (non-hydrogen) atoms. The van der Waals surface area contributed by atoms with Crippen LogP contribution in [0.5, 0.6) is 11.5 Å². The van der Waals surface area contributed by atoms with Gasteiger partial charge in [0.2, 0.25) is 0 Å². The van der Waals surface area contributed by atoms with E-state index in [1.165, 1.54) is 6.08 Å². The Kier molecular flexibility index (Phi) is 5.50. The highest BCUT2D eigenvalue weighted by atomic mass is 31.2. The van der Waals surface area contributed by atoms with E-state index < -0.39 is 7.82 Å². The van der Waals surface area contributed by atoms with Gasteiger partial charge in [-0.2, -0.15) is 0 Å². The first kappa shape index (κ1) is 18.3. The monoisotopic (exact) mass is 348 g/mol. The second kappa shape index (κ2) is 7.22. The van der Waals surface area contributed by atoms with Gasteiger partial charge in [-0.15, -0.1) is 6.58 Å². The topological polar surface area (TPSA) is 76.0 Å². The smallest absolute Gasteiger partial charge is 0.508 e. The van der Waals surface area contributed by atoms with Gasteiger partial charge >= 0.3 is 7.82 Å². The zero-order valence-corrected chi connectivity index (χ0v) is 14.6. The molecule has 0 bridgehead atoms. The number of hydrogen-bond acceptors (Lipinski definition) is 4. The highest BCUT2D eigenvalue weighted by molar-refractivity contribution is 7.47. The van der Waals surface area contributed by atoms with Crippen molar-refractivity contribution < 1.29 is 23.6 Å². The van der Waals surface area contributed by atoms with Gasteiger partial charge in [0.25, 0.3) is 0 Å². The third kappa shape index (κ3) is 4.48. The SMILES string of the molecule is C=CCOP(=O)(O)Oc1ccc(C(C)(C)c2ccc(O)cc2)cc1. The van der Waals surface area contributed by atoms with Gasteiger partial charge in [0.15, 0.2) is 0 Å². The highest BCUT2D eigenvalue weighted by Crippen LogP contribution is 2.44. The third-order valence-electron chi connectivity index (χ3n) is 3.74. The molecule has 2 N–H and O–H groups in total. The summed E-state index contributed by atoms with van der Waals surface area (Å²) in [6.45, 7) is 7.46. The van der Waals surface area contributed by atoms with Crippen LogP contribution in [-0.2, 0) is 14.5 Å². The molecule has 0 spiro atoms. The standard InChI is InChI=1S/C18H21O5P/c1-4-13-22-24(20,21)23-17-11-7-15(8-12-17)18(2,3)14-5-9-16(19)10-6-14/h4-12,19H,1,13H2,2-3H3,(H,20,21). The van der Waals surface area contributed by atoms with Crippen LogP contribution in [0.15, 0.2) is 61.2 Å². The normalized spacial score (nSPS) is 14.0. The number of phosphoric ester groups is 1. The quantitative estimate of drug-likeness (QED) is 0.573. The van der Waals surface area contributed by atoms with Gasteiger partial charge in [-0.05, 0) is 35.4 Å². The summed E-state index contributed by atoms with van der Waals surface area (Å²) in [6.07, 6.45) is 1.37. The van der Waals surface area contributed by atoms with Crippen LogP contribution in [0.4, 0.5) is 0 Å². The van der Waals surface area contributed by atoms with E-state index in [9.17, 15) is 14.6 Å². The van der Waals surface area contributed by atoms with Crippen molar-refractivity contribution in [2.45, 2.75) is 19.3 Å². The molecule has 2 aromatic rings. The Morgan fingerprint density at radius 2 is 1.58 bits per heavy atom. The lowest BCUT2D eigenvalue weighted by atomic mass is 9.78. The van der Waals surface area contributed by atoms with Gasteiger partial charge in [-0.25, -0.2) is 4.57 Å². The summed E-state index contributed by atoms with van der Waals surface area (Å²) in [7, 11) is -4.15. The van der Waals surface area contributed by atoms with Gasteiger partial charge in [0, 0.05) is 5.41 Å². The van der Waals surface area contributed by atoms with Crippen LogP contribution >= 0.6 is 7.82 Å². The molecule has 5 nitrogen and oxygen atoms in total. The van der Waals surface area contributed by atoms with E-state index in [-0.39, 0.29) is 23.5 Å². The van der Waals surface area contributed by atoms with Crippen molar-refractivity contribution in [3.63, 3.8) is 0 Å². The maximum absolute atomic E-state index is 11.7. The van der Waals surface area contributed by atoms with Gasteiger partial charge in [-0.1, -0.05) is 44.2 Å². The Labute approximate surface area is 141 Å². The maximum Gasteiger partial charge on any atom is 0.527 e. The average Bonchev–Trinajstić information content (AvgIpc) is 2.53. The van der Waals surface area contributed by atoms with Crippen molar-refractivity contribution in [1.82, 2.24) is 0 Å². The molecule has 0 aliphatic carbocycles. The van der Waals surface area contributed by atoms with Crippen molar-refractivity contribution in [1.29, 1.82) is 0 Å². The number of rotatable bonds is 7. The van der Waals surface area contributed by atoms with Crippen molar-refractivity contribution in [3.8, 4) is 11.5 Å². The summed E-state index contributed by atoms with van der Waals surface area (Å²) in [5.74, 6) is 0.465. The van der Waals surface area contributed by atoms with E-state index in [1.807, 2.05) is 24.3 Å². The Balaban J connectivity index is 2.17. The molecule has 1 atom stereocenters. The molecule has 0 aromatic heterocycles. The number of phenolic OH excluding ortho intramolecular Hbond substituents is 1. The van der Waals surface area contributed by atoms with Gasteiger partial charge in [0.1, 0.15) is 11.5 Å². The average molecular weight is 348 g/mol. The molecule has 6 heteroatoms. The molecule has 0 amide bonds. The molecule has 0 fully saturated rings. The van der Waals surface area contributed by atoms with Crippen LogP contribution in [0, 0.1) is 0 Å². The first-order valence-corrected chi connectivity index (χ1v) is 8.92. The molecule has 0 heterocycles. The number of hydrogen-bond donors (Lipinski definition) is 2. The van der Waals surface area contributed by atoms with Crippen LogP contribution in [0.1, 0.15) is 25.0 Å². The zero-order chi connectivity index (χ0) is 17.8. The van der Waals surface area contributed by atoms with Crippen molar-refractivity contribution >= 4 is 7.82 Å². The lowest BCUT2D eigenvalue weighted by Crippen LogP contribution is -2.18. The number of benzene rings is 2. The second-order valence-electron chi connectivity index (χ2n) is 5.84. The van der Waals surface area contributed by atoms with E-state index in [1.54, 1.807) is 24.3 Å². The van der Waals surface area contributed by atoms with Crippen LogP contribution in [0.2, 0.25) is 0 Å². The molecule has 2 rings (SSSR count). The lowest BCUT2D eigenvalue weighted by Gasteiger charge is -2.26. The third-order valence-corrected chi connectivity index (χ3v) is 4.66. The summed E-state index contributed by atoms with van der Waals surface area (Å²) in [6, 6.07) is 13.9. The van der Waals surface area contributed by atoms with Gasteiger partial charge < -0.3 is 9.63 Å². The summed E-state index contributed by atoms with van der Waals surface area (Å²) in [5.41, 5.74) is 1.74. The first-order chi connectivity index (χ1) is 11.2. The number of phenols is 1. The van der Waals surface area contributed by atoms with Gasteiger partial charge in [-0.3, -0.25) is 9.42 Å². The molecule has 128 valence electrons.